The van der Waals surface area contributed by atoms with Crippen LogP contribution >= 0.6 is 0 Å². The molecule has 2 heterocycles. The van der Waals surface area contributed by atoms with Gasteiger partial charge in [0.15, 0.2) is 5.69 Å². The summed E-state index contributed by atoms with van der Waals surface area (Å²) in [6, 6.07) is 9.34. The van der Waals surface area contributed by atoms with Crippen LogP contribution in [0.3, 0.4) is 0 Å². The molecule has 1 aromatic carbocycles. The highest BCUT2D eigenvalue weighted by Gasteiger charge is 2.36. The number of nitrogens with zero attached hydrogens (tertiary/aromatic N) is 4. The molecule has 0 fully saturated rings. The molecule has 0 saturated carbocycles. The Morgan fingerprint density at radius 3 is 2.34 bits per heavy atom. The average molecular weight is 440 g/mol. The van der Waals surface area contributed by atoms with Crippen molar-refractivity contribution in [3.8, 4) is 11.4 Å². The molecule has 1 N–H and O–H groups in total. The fourth-order valence-electron chi connectivity index (χ4n) is 4.19. The van der Waals surface area contributed by atoms with Crippen molar-refractivity contribution in [3.05, 3.63) is 41.7 Å². The first-order chi connectivity index (χ1) is 15.0. The van der Waals surface area contributed by atoms with Crippen LogP contribution in [0, 0.1) is 11.3 Å². The van der Waals surface area contributed by atoms with Gasteiger partial charge in [-0.05, 0) is 11.3 Å². The first kappa shape index (κ1) is 24.0. The van der Waals surface area contributed by atoms with Gasteiger partial charge < -0.3 is 14.8 Å². The lowest BCUT2D eigenvalue weighted by Gasteiger charge is -2.33. The van der Waals surface area contributed by atoms with E-state index in [1.807, 2.05) is 51.1 Å². The number of carbonyl (C=O) groups excluding carboxylic acids is 2. The maximum atomic E-state index is 13.5. The number of aromatic nitrogens is 2. The first-order valence-corrected chi connectivity index (χ1v) is 11.4. The van der Waals surface area contributed by atoms with Gasteiger partial charge in [-0.2, -0.15) is 0 Å². The van der Waals surface area contributed by atoms with Crippen molar-refractivity contribution in [3.63, 3.8) is 0 Å². The first-order valence-electron chi connectivity index (χ1n) is 11.4. The molecule has 1 atom stereocenters. The smallest absolute Gasteiger partial charge is 0.272 e. The lowest BCUT2D eigenvalue weighted by atomic mass is 9.85. The Labute approximate surface area is 191 Å². The van der Waals surface area contributed by atoms with E-state index >= 15 is 0 Å². The molecule has 2 aromatic rings. The van der Waals surface area contributed by atoms with Gasteiger partial charge in [0.25, 0.3) is 5.91 Å². The van der Waals surface area contributed by atoms with Gasteiger partial charge in [-0.15, -0.1) is 0 Å². The zero-order valence-electron chi connectivity index (χ0n) is 20.5. The molecule has 1 aliphatic rings. The molecular formula is C25H37N5O2. The average Bonchev–Trinajstić information content (AvgIpc) is 3.09. The standard InChI is InChI=1S/C25H37N5O2/c1-17(2)15-29-13-14-30-19(16-29)20(26-22(30)18-11-9-8-10-12-18)23(31)27-21(25(3,4)5)24(32)28(6)7/h8-12,17,21H,13-16H2,1-7H3,(H,27,31). The number of hydrogen-bond donors (Lipinski definition) is 1. The fourth-order valence-corrected chi connectivity index (χ4v) is 4.19. The molecule has 0 radical (unpaired) electrons. The molecule has 0 bridgehead atoms. The van der Waals surface area contributed by atoms with Crippen LogP contribution in [0.1, 0.15) is 50.8 Å². The molecule has 7 nitrogen and oxygen atoms in total. The second kappa shape index (κ2) is 9.45. The van der Waals surface area contributed by atoms with Crippen molar-refractivity contribution in [1.82, 2.24) is 24.7 Å². The van der Waals surface area contributed by atoms with E-state index in [1.165, 1.54) is 4.90 Å². The number of likely N-dealkylation sites (N-methyl/N-ethyl adjacent to an activating group) is 1. The van der Waals surface area contributed by atoms with E-state index < -0.39 is 11.5 Å². The zero-order chi connectivity index (χ0) is 23.6. The second-order valence-corrected chi connectivity index (χ2v) is 10.4. The van der Waals surface area contributed by atoms with E-state index in [4.69, 9.17) is 4.98 Å². The van der Waals surface area contributed by atoms with E-state index in [1.54, 1.807) is 14.1 Å². The van der Waals surface area contributed by atoms with Crippen molar-refractivity contribution in [1.29, 1.82) is 0 Å². The molecular weight excluding hydrogens is 402 g/mol. The maximum Gasteiger partial charge on any atom is 0.272 e. The minimum absolute atomic E-state index is 0.122. The molecule has 174 valence electrons. The SMILES string of the molecule is CC(C)CN1CCn2c(-c3ccccc3)nc(C(=O)NC(C(=O)N(C)C)C(C)(C)C)c2C1. The highest BCUT2D eigenvalue weighted by molar-refractivity contribution is 5.97. The fraction of sp³-hybridized carbons (Fsp3) is 0.560. The number of nitrogens with one attached hydrogen (secondary N) is 1. The summed E-state index contributed by atoms with van der Waals surface area (Å²) in [4.78, 5) is 35.0. The van der Waals surface area contributed by atoms with Crippen LogP contribution in [0.15, 0.2) is 30.3 Å². The van der Waals surface area contributed by atoms with Gasteiger partial charge in [0.05, 0.1) is 5.69 Å². The Hall–Kier alpha value is -2.67. The summed E-state index contributed by atoms with van der Waals surface area (Å²) >= 11 is 0. The number of hydrogen-bond acceptors (Lipinski definition) is 4. The van der Waals surface area contributed by atoms with Gasteiger partial charge in [-0.3, -0.25) is 14.5 Å². The largest absolute Gasteiger partial charge is 0.347 e. The highest BCUT2D eigenvalue weighted by Crippen LogP contribution is 2.28. The van der Waals surface area contributed by atoms with E-state index in [-0.39, 0.29) is 11.8 Å². The number of carbonyl (C=O) groups is 2. The quantitative estimate of drug-likeness (QED) is 0.750. The van der Waals surface area contributed by atoms with Crippen LogP contribution < -0.4 is 5.32 Å². The lowest BCUT2D eigenvalue weighted by Crippen LogP contribution is -2.53. The van der Waals surface area contributed by atoms with E-state index in [0.29, 0.717) is 18.2 Å². The molecule has 1 unspecified atom stereocenters. The van der Waals surface area contributed by atoms with Gasteiger partial charge in [0.2, 0.25) is 5.91 Å². The molecule has 1 aromatic heterocycles. The van der Waals surface area contributed by atoms with Crippen LogP contribution in [-0.4, -0.2) is 64.4 Å². The minimum atomic E-state index is -0.641. The normalized spacial score (nSPS) is 15.4. The summed E-state index contributed by atoms with van der Waals surface area (Å²) in [7, 11) is 3.42. The predicted octanol–water partition coefficient (Wildman–Crippen LogP) is 3.25. The Balaban J connectivity index is 2.00. The molecule has 7 heteroatoms. The predicted molar refractivity (Wildman–Crippen MR) is 127 cm³/mol. The van der Waals surface area contributed by atoms with Crippen molar-refractivity contribution in [2.75, 3.05) is 27.2 Å². The van der Waals surface area contributed by atoms with Crippen molar-refractivity contribution >= 4 is 11.8 Å². The van der Waals surface area contributed by atoms with E-state index in [2.05, 4.69) is 28.6 Å². The number of imidazole rings is 1. The lowest BCUT2D eigenvalue weighted by molar-refractivity contribution is -0.133. The topological polar surface area (TPSA) is 70.5 Å². The third-order valence-electron chi connectivity index (χ3n) is 5.79. The van der Waals surface area contributed by atoms with Gasteiger partial charge >= 0.3 is 0 Å². The Kier molecular flexibility index (Phi) is 7.08. The van der Waals surface area contributed by atoms with Gasteiger partial charge in [0, 0.05) is 45.8 Å². The van der Waals surface area contributed by atoms with Crippen molar-refractivity contribution in [2.24, 2.45) is 11.3 Å². The van der Waals surface area contributed by atoms with Gasteiger partial charge in [-0.25, -0.2) is 4.98 Å². The zero-order valence-corrected chi connectivity index (χ0v) is 20.5. The summed E-state index contributed by atoms with van der Waals surface area (Å²) in [6.07, 6.45) is 0. The van der Waals surface area contributed by atoms with Gasteiger partial charge in [-0.1, -0.05) is 65.0 Å². The number of benzene rings is 1. The molecule has 2 amide bonds. The molecule has 32 heavy (non-hydrogen) atoms. The van der Waals surface area contributed by atoms with Crippen LogP contribution in [-0.2, 0) is 17.9 Å². The molecule has 0 spiro atoms. The Bertz CT molecular complexity index is 957. The summed E-state index contributed by atoms with van der Waals surface area (Å²) in [6.45, 7) is 13.6. The Morgan fingerprint density at radius 2 is 1.78 bits per heavy atom. The van der Waals surface area contributed by atoms with Crippen LogP contribution in [0.4, 0.5) is 0 Å². The van der Waals surface area contributed by atoms with Crippen LogP contribution in [0.2, 0.25) is 0 Å². The molecule has 1 aliphatic heterocycles. The Morgan fingerprint density at radius 1 is 1.12 bits per heavy atom. The summed E-state index contributed by atoms with van der Waals surface area (Å²) in [5.74, 6) is 0.931. The third-order valence-corrected chi connectivity index (χ3v) is 5.79. The number of rotatable bonds is 6. The number of fused-ring (bicyclic) bond motifs is 1. The van der Waals surface area contributed by atoms with E-state index in [0.717, 1.165) is 36.7 Å². The summed E-state index contributed by atoms with van der Waals surface area (Å²) in [5.41, 5.74) is 1.89. The minimum Gasteiger partial charge on any atom is -0.347 e. The third kappa shape index (κ3) is 5.21. The molecule has 0 saturated heterocycles. The van der Waals surface area contributed by atoms with Crippen LogP contribution in [0.5, 0.6) is 0 Å². The molecule has 3 rings (SSSR count). The second-order valence-electron chi connectivity index (χ2n) is 10.4. The van der Waals surface area contributed by atoms with Crippen molar-refractivity contribution < 1.29 is 9.59 Å². The number of amides is 2. The molecule has 0 aliphatic carbocycles. The summed E-state index contributed by atoms with van der Waals surface area (Å²) in [5, 5.41) is 3.00. The summed E-state index contributed by atoms with van der Waals surface area (Å²) < 4.78 is 2.17. The van der Waals surface area contributed by atoms with Gasteiger partial charge in [0.1, 0.15) is 11.9 Å². The highest BCUT2D eigenvalue weighted by atomic mass is 16.2. The van der Waals surface area contributed by atoms with Crippen LogP contribution in [0.25, 0.3) is 11.4 Å². The monoisotopic (exact) mass is 439 g/mol. The van der Waals surface area contributed by atoms with Crippen molar-refractivity contribution in [2.45, 2.75) is 53.8 Å². The van der Waals surface area contributed by atoms with E-state index in [9.17, 15) is 9.59 Å². The maximum absolute atomic E-state index is 13.5.